The topological polar surface area (TPSA) is 43.4 Å². The van der Waals surface area contributed by atoms with Crippen LogP contribution in [0, 0.1) is 34.9 Å². The minimum Gasteiger partial charge on any atom is -0.386 e. The lowest BCUT2D eigenvalue weighted by Gasteiger charge is -2.06. The van der Waals surface area contributed by atoms with Gasteiger partial charge in [0.1, 0.15) is 0 Å². The van der Waals surface area contributed by atoms with Crippen molar-refractivity contribution in [3.63, 3.8) is 0 Å². The molecule has 2 rings (SSSR count). The van der Waals surface area contributed by atoms with Crippen LogP contribution in [0.1, 0.15) is 20.7 Å². The van der Waals surface area contributed by atoms with Crippen LogP contribution < -0.4 is 0 Å². The number of hydrogen-bond donors (Lipinski definition) is 0. The van der Waals surface area contributed by atoms with Gasteiger partial charge in [-0.05, 0) is 24.3 Å². The van der Waals surface area contributed by atoms with Gasteiger partial charge in [0.15, 0.2) is 34.9 Å². The summed E-state index contributed by atoms with van der Waals surface area (Å²) >= 11 is 0. The summed E-state index contributed by atoms with van der Waals surface area (Å²) in [6.07, 6.45) is 0. The molecule has 0 bridgehead atoms. The molecule has 0 N–H and O–H groups in total. The monoisotopic (exact) mass is 334 g/mol. The average molecular weight is 334 g/mol. The summed E-state index contributed by atoms with van der Waals surface area (Å²) in [7, 11) is 0. The standard InChI is InChI=1S/C14H4F6O3/c15-7-3-1-5(9(17)11(7)19)13(21)23-14(22)6-2-4-8(16)12(20)10(6)18/h1-4H. The van der Waals surface area contributed by atoms with E-state index in [2.05, 4.69) is 4.74 Å². The summed E-state index contributed by atoms with van der Waals surface area (Å²) in [5.41, 5.74) is -2.28. The summed E-state index contributed by atoms with van der Waals surface area (Å²) < 4.78 is 82.1. The van der Waals surface area contributed by atoms with Crippen molar-refractivity contribution in [1.82, 2.24) is 0 Å². The normalized spacial score (nSPS) is 10.5. The Balaban J connectivity index is 2.29. The molecule has 0 spiro atoms. The summed E-state index contributed by atoms with van der Waals surface area (Å²) in [6, 6.07) is 1.78. The second-order valence-corrected chi connectivity index (χ2v) is 4.12. The molecule has 120 valence electrons. The van der Waals surface area contributed by atoms with Crippen molar-refractivity contribution < 1.29 is 40.7 Å². The highest BCUT2D eigenvalue weighted by Crippen LogP contribution is 2.19. The third-order valence-electron chi connectivity index (χ3n) is 2.70. The number of rotatable bonds is 2. The Morgan fingerprint density at radius 2 is 0.957 bits per heavy atom. The quantitative estimate of drug-likeness (QED) is 0.365. The van der Waals surface area contributed by atoms with Gasteiger partial charge in [-0.1, -0.05) is 0 Å². The molecule has 0 atom stereocenters. The Labute approximate surface area is 124 Å². The molecule has 0 saturated heterocycles. The van der Waals surface area contributed by atoms with Crippen LogP contribution in [-0.2, 0) is 4.74 Å². The van der Waals surface area contributed by atoms with E-state index >= 15 is 0 Å². The van der Waals surface area contributed by atoms with Crippen molar-refractivity contribution in [2.24, 2.45) is 0 Å². The molecule has 0 aliphatic carbocycles. The molecule has 0 unspecified atom stereocenters. The summed E-state index contributed by atoms with van der Waals surface area (Å²) in [5.74, 6) is -14.5. The molecule has 9 heteroatoms. The van der Waals surface area contributed by atoms with E-state index in [0.717, 1.165) is 0 Å². The predicted octanol–water partition coefficient (Wildman–Crippen LogP) is 3.52. The fourth-order valence-corrected chi connectivity index (χ4v) is 1.56. The van der Waals surface area contributed by atoms with Crippen LogP contribution in [0.2, 0.25) is 0 Å². The molecular weight excluding hydrogens is 330 g/mol. The SMILES string of the molecule is O=C(OC(=O)c1ccc(F)c(F)c1F)c1ccc(F)c(F)c1F. The molecule has 2 aromatic carbocycles. The van der Waals surface area contributed by atoms with Gasteiger partial charge in [0.05, 0.1) is 11.1 Å². The molecular formula is C14H4F6O3. The Kier molecular flexibility index (Phi) is 4.39. The lowest BCUT2D eigenvalue weighted by atomic mass is 10.2. The molecule has 0 fully saturated rings. The minimum absolute atomic E-state index is 0.400. The van der Waals surface area contributed by atoms with Gasteiger partial charge in [-0.25, -0.2) is 35.9 Å². The van der Waals surface area contributed by atoms with Gasteiger partial charge in [0.25, 0.3) is 0 Å². The smallest absolute Gasteiger partial charge is 0.349 e. The van der Waals surface area contributed by atoms with Crippen LogP contribution in [0.25, 0.3) is 0 Å². The van der Waals surface area contributed by atoms with Gasteiger partial charge >= 0.3 is 11.9 Å². The fraction of sp³-hybridized carbons (Fsp3) is 0. The van der Waals surface area contributed by atoms with E-state index in [9.17, 15) is 35.9 Å². The van der Waals surface area contributed by atoms with E-state index < -0.39 is 58.0 Å². The molecule has 0 saturated carbocycles. The molecule has 23 heavy (non-hydrogen) atoms. The van der Waals surface area contributed by atoms with Crippen LogP contribution in [0.3, 0.4) is 0 Å². The van der Waals surface area contributed by atoms with Gasteiger partial charge in [0, 0.05) is 0 Å². The van der Waals surface area contributed by atoms with Crippen molar-refractivity contribution in [2.75, 3.05) is 0 Å². The highest BCUT2D eigenvalue weighted by Gasteiger charge is 2.25. The lowest BCUT2D eigenvalue weighted by molar-refractivity contribution is 0.0390. The molecule has 0 amide bonds. The van der Waals surface area contributed by atoms with E-state index in [1.807, 2.05) is 0 Å². The molecule has 0 aliphatic heterocycles. The maximum atomic E-state index is 13.4. The van der Waals surface area contributed by atoms with Crippen LogP contribution in [-0.4, -0.2) is 11.9 Å². The first-order valence-corrected chi connectivity index (χ1v) is 5.77. The number of benzene rings is 2. The zero-order valence-corrected chi connectivity index (χ0v) is 10.8. The number of hydrogen-bond acceptors (Lipinski definition) is 3. The first kappa shape index (κ1) is 16.5. The summed E-state index contributed by atoms with van der Waals surface area (Å²) in [6.45, 7) is 0. The number of halogens is 6. The van der Waals surface area contributed by atoms with Crippen LogP contribution in [0.5, 0.6) is 0 Å². The summed E-state index contributed by atoms with van der Waals surface area (Å²) in [5, 5.41) is 0. The van der Waals surface area contributed by atoms with Gasteiger partial charge in [-0.2, -0.15) is 0 Å². The highest BCUT2D eigenvalue weighted by molar-refractivity contribution is 6.02. The molecule has 0 aromatic heterocycles. The molecule has 0 heterocycles. The molecule has 3 nitrogen and oxygen atoms in total. The van der Waals surface area contributed by atoms with E-state index in [4.69, 9.17) is 0 Å². The molecule has 0 radical (unpaired) electrons. The van der Waals surface area contributed by atoms with E-state index in [1.165, 1.54) is 0 Å². The molecule has 2 aromatic rings. The number of carbonyl (C=O) groups is 2. The second-order valence-electron chi connectivity index (χ2n) is 4.12. The largest absolute Gasteiger partial charge is 0.386 e. The Hall–Kier alpha value is -2.84. The first-order valence-electron chi connectivity index (χ1n) is 5.77. The Morgan fingerprint density at radius 3 is 1.30 bits per heavy atom. The first-order chi connectivity index (χ1) is 10.7. The van der Waals surface area contributed by atoms with Crippen LogP contribution in [0.4, 0.5) is 26.3 Å². The van der Waals surface area contributed by atoms with E-state index in [-0.39, 0.29) is 0 Å². The average Bonchev–Trinajstić information content (AvgIpc) is 2.50. The Morgan fingerprint density at radius 1 is 0.609 bits per heavy atom. The van der Waals surface area contributed by atoms with E-state index in [0.29, 0.717) is 24.3 Å². The van der Waals surface area contributed by atoms with Crippen molar-refractivity contribution in [3.05, 3.63) is 70.3 Å². The van der Waals surface area contributed by atoms with Crippen molar-refractivity contribution >= 4 is 11.9 Å². The lowest BCUT2D eigenvalue weighted by Crippen LogP contribution is -2.17. The van der Waals surface area contributed by atoms with Crippen molar-refractivity contribution in [2.45, 2.75) is 0 Å². The highest BCUT2D eigenvalue weighted by atomic mass is 19.2. The van der Waals surface area contributed by atoms with Crippen molar-refractivity contribution in [1.29, 1.82) is 0 Å². The zero-order chi connectivity index (χ0) is 17.3. The number of ether oxygens (including phenoxy) is 1. The third-order valence-corrected chi connectivity index (χ3v) is 2.70. The third kappa shape index (κ3) is 3.03. The van der Waals surface area contributed by atoms with Crippen molar-refractivity contribution in [3.8, 4) is 0 Å². The zero-order valence-electron chi connectivity index (χ0n) is 10.8. The van der Waals surface area contributed by atoms with E-state index in [1.54, 1.807) is 0 Å². The summed E-state index contributed by atoms with van der Waals surface area (Å²) in [4.78, 5) is 23.0. The second kappa shape index (κ2) is 6.11. The van der Waals surface area contributed by atoms with Gasteiger partial charge in [0.2, 0.25) is 0 Å². The van der Waals surface area contributed by atoms with Gasteiger partial charge in [-0.3, -0.25) is 0 Å². The minimum atomic E-state index is -1.98. The predicted molar refractivity (Wildman–Crippen MR) is 62.4 cm³/mol. The van der Waals surface area contributed by atoms with Crippen LogP contribution >= 0.6 is 0 Å². The van der Waals surface area contributed by atoms with Crippen LogP contribution in [0.15, 0.2) is 24.3 Å². The van der Waals surface area contributed by atoms with Gasteiger partial charge < -0.3 is 4.74 Å². The number of carbonyl (C=O) groups excluding carboxylic acids is 2. The fourth-order valence-electron chi connectivity index (χ4n) is 1.56. The maximum Gasteiger partial charge on any atom is 0.349 e. The van der Waals surface area contributed by atoms with Gasteiger partial charge in [-0.15, -0.1) is 0 Å². The molecule has 0 aliphatic rings. The Bertz CT molecular complexity index is 751. The maximum absolute atomic E-state index is 13.4. The number of esters is 2.